The third-order valence-electron chi connectivity index (χ3n) is 2.83. The molecule has 0 aliphatic carbocycles. The zero-order valence-electron chi connectivity index (χ0n) is 11.6. The van der Waals surface area contributed by atoms with Crippen LogP contribution in [0.3, 0.4) is 0 Å². The summed E-state index contributed by atoms with van der Waals surface area (Å²) in [4.78, 5) is 12.4. The summed E-state index contributed by atoms with van der Waals surface area (Å²) in [5.41, 5.74) is 2.65. The molecule has 1 nitrogen and oxygen atoms in total. The average Bonchev–Trinajstić information content (AvgIpc) is 2.33. The normalized spacial score (nSPS) is 10.6. The van der Waals surface area contributed by atoms with E-state index < -0.39 is 0 Å². The Morgan fingerprint density at radius 1 is 1.05 bits per heavy atom. The van der Waals surface area contributed by atoms with Crippen molar-refractivity contribution in [3.63, 3.8) is 0 Å². The molecule has 0 saturated carbocycles. The first-order chi connectivity index (χ1) is 8.99. The molecule has 0 aromatic heterocycles. The summed E-state index contributed by atoms with van der Waals surface area (Å²) in [5, 5.41) is 1.87. The van der Waals surface area contributed by atoms with E-state index >= 15 is 0 Å². The van der Waals surface area contributed by atoms with Gasteiger partial charge < -0.3 is 0 Å². The number of aryl methyl sites for hydroxylation is 2. The Hall–Kier alpha value is -0.283. The number of hydrogen-bond donors (Lipinski definition) is 0. The third-order valence-corrected chi connectivity index (χ3v) is 4.75. The predicted octanol–water partition coefficient (Wildman–Crippen LogP) is 1.76. The standard InChI is InChI=1S/C15H13Cl2OP.Li/c1-9-6-7-10(2)13(8-9)19-15(18)14-11(16)4-3-5-12(14)17;/h3-8,19H,1-2H3;/q;+1. The van der Waals surface area contributed by atoms with Crippen LogP contribution in [0.4, 0.5) is 0 Å². The summed E-state index contributed by atoms with van der Waals surface area (Å²) < 4.78 is 0. The Balaban J connectivity index is 0.00000200. The van der Waals surface area contributed by atoms with Gasteiger partial charge in [0.1, 0.15) is 0 Å². The van der Waals surface area contributed by atoms with Crippen LogP contribution in [0.2, 0.25) is 10.0 Å². The SMILES string of the molecule is Cc1ccc(C)c(PC(=O)c2c(Cl)cccc2Cl)c1.[Li+]. The van der Waals surface area contributed by atoms with Gasteiger partial charge in [0, 0.05) is 0 Å². The van der Waals surface area contributed by atoms with Gasteiger partial charge in [-0.05, 0) is 45.4 Å². The second-order valence-corrected chi connectivity index (χ2v) is 6.43. The van der Waals surface area contributed by atoms with Crippen molar-refractivity contribution >= 4 is 42.6 Å². The van der Waals surface area contributed by atoms with E-state index in [0.29, 0.717) is 15.6 Å². The number of halogens is 2. The van der Waals surface area contributed by atoms with E-state index in [2.05, 4.69) is 0 Å². The monoisotopic (exact) mass is 317 g/mol. The summed E-state index contributed by atoms with van der Waals surface area (Å²) in [6.45, 7) is 4.02. The van der Waals surface area contributed by atoms with Gasteiger partial charge in [0.15, 0.2) is 5.52 Å². The minimum atomic E-state index is -0.0238. The summed E-state index contributed by atoms with van der Waals surface area (Å²) in [6.07, 6.45) is 0. The fourth-order valence-corrected chi connectivity index (χ4v) is 3.72. The first-order valence-corrected chi connectivity index (χ1v) is 7.57. The van der Waals surface area contributed by atoms with Crippen LogP contribution in [0, 0.1) is 13.8 Å². The minimum Gasteiger partial charge on any atom is -0.289 e. The Morgan fingerprint density at radius 2 is 1.65 bits per heavy atom. The molecular weight excluding hydrogens is 305 g/mol. The average molecular weight is 318 g/mol. The van der Waals surface area contributed by atoms with Crippen molar-refractivity contribution in [1.29, 1.82) is 0 Å². The van der Waals surface area contributed by atoms with Crippen molar-refractivity contribution in [1.82, 2.24) is 0 Å². The van der Waals surface area contributed by atoms with Crippen LogP contribution in [-0.2, 0) is 0 Å². The van der Waals surface area contributed by atoms with Gasteiger partial charge in [-0.1, -0.05) is 53.0 Å². The van der Waals surface area contributed by atoms with Gasteiger partial charge >= 0.3 is 18.9 Å². The van der Waals surface area contributed by atoms with Crippen molar-refractivity contribution in [2.45, 2.75) is 13.8 Å². The molecule has 0 spiro atoms. The molecule has 0 N–H and O–H groups in total. The van der Waals surface area contributed by atoms with Crippen molar-refractivity contribution in [3.05, 3.63) is 63.1 Å². The molecule has 98 valence electrons. The maximum absolute atomic E-state index is 12.4. The Bertz CT molecular complexity index is 624. The zero-order valence-corrected chi connectivity index (χ0v) is 14.1. The first-order valence-electron chi connectivity index (χ1n) is 5.81. The third kappa shape index (κ3) is 4.11. The van der Waals surface area contributed by atoms with Crippen LogP contribution in [0.1, 0.15) is 21.5 Å². The molecule has 0 amide bonds. The van der Waals surface area contributed by atoms with Crippen LogP contribution < -0.4 is 24.2 Å². The van der Waals surface area contributed by atoms with E-state index in [1.165, 1.54) is 0 Å². The molecule has 0 aliphatic rings. The molecule has 0 fully saturated rings. The smallest absolute Gasteiger partial charge is 0.289 e. The molecule has 1 atom stereocenters. The summed E-state index contributed by atoms with van der Waals surface area (Å²) in [7, 11) is 0.0359. The first kappa shape index (κ1) is 17.8. The number of carbonyl (C=O) groups is 1. The fraction of sp³-hybridized carbons (Fsp3) is 0.133. The molecule has 20 heavy (non-hydrogen) atoms. The number of rotatable bonds is 3. The maximum Gasteiger partial charge on any atom is 1.00 e. The molecule has 0 heterocycles. The number of hydrogen-bond acceptors (Lipinski definition) is 1. The van der Waals surface area contributed by atoms with E-state index in [-0.39, 0.29) is 33.0 Å². The number of carbonyl (C=O) groups excluding carboxylic acids is 1. The largest absolute Gasteiger partial charge is 1.00 e. The topological polar surface area (TPSA) is 17.1 Å². The van der Waals surface area contributed by atoms with Crippen molar-refractivity contribution in [2.75, 3.05) is 0 Å². The summed E-state index contributed by atoms with van der Waals surface area (Å²) >= 11 is 12.1. The Labute approximate surface area is 143 Å². The minimum absolute atomic E-state index is 0. The van der Waals surface area contributed by atoms with Gasteiger partial charge in [0.05, 0.1) is 15.6 Å². The molecule has 2 aromatic rings. The molecule has 0 radical (unpaired) electrons. The van der Waals surface area contributed by atoms with Gasteiger partial charge in [-0.2, -0.15) is 0 Å². The van der Waals surface area contributed by atoms with Crippen molar-refractivity contribution in [3.8, 4) is 0 Å². The molecule has 2 rings (SSSR count). The summed E-state index contributed by atoms with van der Waals surface area (Å²) in [5.74, 6) is 0. The molecule has 5 heteroatoms. The maximum atomic E-state index is 12.4. The van der Waals surface area contributed by atoms with Crippen LogP contribution in [-0.4, -0.2) is 5.52 Å². The van der Waals surface area contributed by atoms with Gasteiger partial charge in [-0.15, -0.1) is 0 Å². The zero-order chi connectivity index (χ0) is 14.0. The fourth-order valence-electron chi connectivity index (χ4n) is 1.77. The quantitative estimate of drug-likeness (QED) is 0.623. The summed E-state index contributed by atoms with van der Waals surface area (Å²) in [6, 6.07) is 11.2. The second kappa shape index (κ2) is 7.65. The van der Waals surface area contributed by atoms with Crippen molar-refractivity contribution < 1.29 is 23.7 Å². The molecule has 1 unspecified atom stereocenters. The van der Waals surface area contributed by atoms with E-state index in [1.807, 2.05) is 32.0 Å². The number of benzene rings is 2. The van der Waals surface area contributed by atoms with Gasteiger partial charge in [-0.25, -0.2) is 0 Å². The van der Waals surface area contributed by atoms with Gasteiger partial charge in [0.25, 0.3) is 0 Å². The molecular formula is C15H13Cl2LiOP+. The van der Waals surface area contributed by atoms with Gasteiger partial charge in [-0.3, -0.25) is 4.79 Å². The molecule has 0 bridgehead atoms. The van der Waals surface area contributed by atoms with E-state index in [9.17, 15) is 4.79 Å². The Morgan fingerprint density at radius 3 is 2.25 bits per heavy atom. The van der Waals surface area contributed by atoms with E-state index in [0.717, 1.165) is 16.4 Å². The van der Waals surface area contributed by atoms with Crippen LogP contribution in [0.15, 0.2) is 36.4 Å². The molecule has 0 saturated heterocycles. The van der Waals surface area contributed by atoms with Crippen LogP contribution >= 0.6 is 31.8 Å². The van der Waals surface area contributed by atoms with Crippen molar-refractivity contribution in [2.24, 2.45) is 0 Å². The van der Waals surface area contributed by atoms with Crippen LogP contribution in [0.25, 0.3) is 0 Å². The van der Waals surface area contributed by atoms with Gasteiger partial charge in [0.2, 0.25) is 0 Å². The van der Waals surface area contributed by atoms with E-state index in [4.69, 9.17) is 23.2 Å². The Kier molecular flexibility index (Phi) is 6.79. The van der Waals surface area contributed by atoms with Crippen LogP contribution in [0.5, 0.6) is 0 Å². The molecule has 2 aromatic carbocycles. The predicted molar refractivity (Wildman–Crippen MR) is 84.7 cm³/mol. The van der Waals surface area contributed by atoms with E-state index in [1.54, 1.807) is 18.2 Å². The molecule has 0 aliphatic heterocycles. The second-order valence-electron chi connectivity index (χ2n) is 4.37.